The minimum atomic E-state index is 0.430. The van der Waals surface area contributed by atoms with Gasteiger partial charge in [-0.25, -0.2) is 4.68 Å². The fourth-order valence-electron chi connectivity index (χ4n) is 2.10. The van der Waals surface area contributed by atoms with Gasteiger partial charge in [-0.05, 0) is 31.9 Å². The van der Waals surface area contributed by atoms with Crippen LogP contribution in [0.15, 0.2) is 18.2 Å². The molecule has 0 saturated heterocycles. The predicted octanol–water partition coefficient (Wildman–Crippen LogP) is 2.60. The third kappa shape index (κ3) is 2.11. The largest absolute Gasteiger partial charge is 0.438 e. The van der Waals surface area contributed by atoms with E-state index in [1.54, 1.807) is 4.68 Å². The van der Waals surface area contributed by atoms with E-state index in [0.717, 1.165) is 34.0 Å². The maximum atomic E-state index is 6.03. The Morgan fingerprint density at radius 2 is 1.83 bits per heavy atom. The van der Waals surface area contributed by atoms with Crippen LogP contribution < -0.4 is 10.5 Å². The molecule has 0 saturated carbocycles. The highest BCUT2D eigenvalue weighted by Crippen LogP contribution is 2.31. The lowest BCUT2D eigenvalue weighted by Gasteiger charge is -2.12. The predicted molar refractivity (Wildman–Crippen MR) is 71.8 cm³/mol. The van der Waals surface area contributed by atoms with Crippen molar-refractivity contribution in [1.29, 1.82) is 0 Å². The molecule has 0 fully saturated rings. The van der Waals surface area contributed by atoms with Crippen molar-refractivity contribution in [2.75, 3.05) is 0 Å². The third-order valence-electron chi connectivity index (χ3n) is 3.10. The van der Waals surface area contributed by atoms with E-state index in [0.29, 0.717) is 6.54 Å². The molecule has 0 aliphatic carbocycles. The molecule has 2 aromatic rings. The van der Waals surface area contributed by atoms with E-state index < -0.39 is 0 Å². The molecule has 0 spiro atoms. The summed E-state index contributed by atoms with van der Waals surface area (Å²) in [6.07, 6.45) is 0. The van der Waals surface area contributed by atoms with Crippen LogP contribution >= 0.6 is 0 Å². The second-order valence-electron chi connectivity index (χ2n) is 4.52. The second kappa shape index (κ2) is 4.82. The van der Waals surface area contributed by atoms with Crippen molar-refractivity contribution in [3.05, 3.63) is 40.6 Å². The van der Waals surface area contributed by atoms with Crippen LogP contribution in [0.5, 0.6) is 11.6 Å². The van der Waals surface area contributed by atoms with E-state index in [1.165, 1.54) is 0 Å². The van der Waals surface area contributed by atoms with Gasteiger partial charge in [-0.1, -0.05) is 18.2 Å². The molecule has 1 aromatic heterocycles. The molecule has 0 bridgehead atoms. The molecular formula is C14H19N3O. The van der Waals surface area contributed by atoms with Gasteiger partial charge in [0, 0.05) is 13.6 Å². The van der Waals surface area contributed by atoms with Crippen LogP contribution in [0.25, 0.3) is 0 Å². The van der Waals surface area contributed by atoms with E-state index in [1.807, 2.05) is 46.0 Å². The molecule has 0 atom stereocenters. The Morgan fingerprint density at radius 3 is 2.39 bits per heavy atom. The monoisotopic (exact) mass is 245 g/mol. The number of hydrogen-bond acceptors (Lipinski definition) is 3. The molecular weight excluding hydrogens is 226 g/mol. The summed E-state index contributed by atoms with van der Waals surface area (Å²) in [5.74, 6) is 1.61. The van der Waals surface area contributed by atoms with Gasteiger partial charge < -0.3 is 10.5 Å². The van der Waals surface area contributed by atoms with Gasteiger partial charge in [0.25, 0.3) is 0 Å². The number of aromatic nitrogens is 2. The first-order valence-electron chi connectivity index (χ1n) is 6.01. The zero-order valence-electron chi connectivity index (χ0n) is 11.3. The van der Waals surface area contributed by atoms with Crippen LogP contribution in [-0.2, 0) is 13.6 Å². The summed E-state index contributed by atoms with van der Waals surface area (Å²) in [6, 6.07) is 6.09. The van der Waals surface area contributed by atoms with E-state index in [4.69, 9.17) is 10.5 Å². The highest BCUT2D eigenvalue weighted by atomic mass is 16.5. The molecule has 1 heterocycles. The van der Waals surface area contributed by atoms with Crippen LogP contribution in [0.2, 0.25) is 0 Å². The number of nitrogens with two attached hydrogens (primary N) is 1. The fraction of sp³-hybridized carbons (Fsp3) is 0.357. The number of ether oxygens (including phenoxy) is 1. The van der Waals surface area contributed by atoms with Gasteiger partial charge in [0.05, 0.1) is 11.3 Å². The first kappa shape index (κ1) is 12.6. The van der Waals surface area contributed by atoms with Crippen LogP contribution in [0.1, 0.15) is 22.4 Å². The topological polar surface area (TPSA) is 53.1 Å². The highest BCUT2D eigenvalue weighted by Gasteiger charge is 2.15. The minimum Gasteiger partial charge on any atom is -0.438 e. The van der Waals surface area contributed by atoms with E-state index in [2.05, 4.69) is 5.10 Å². The standard InChI is InChI=1S/C14H19N3O/c1-9-6-5-7-10(2)13(9)18-14-12(8-15)11(3)16-17(14)4/h5-7H,8,15H2,1-4H3. The summed E-state index contributed by atoms with van der Waals surface area (Å²) < 4.78 is 7.77. The van der Waals surface area contributed by atoms with Crippen molar-refractivity contribution < 1.29 is 4.74 Å². The van der Waals surface area contributed by atoms with Crippen LogP contribution in [0, 0.1) is 20.8 Å². The molecule has 0 amide bonds. The third-order valence-corrected chi connectivity index (χ3v) is 3.10. The first-order valence-corrected chi connectivity index (χ1v) is 6.01. The molecule has 4 heteroatoms. The Morgan fingerprint density at radius 1 is 1.22 bits per heavy atom. The Labute approximate surface area is 107 Å². The smallest absolute Gasteiger partial charge is 0.222 e. The molecule has 2 rings (SSSR count). The van der Waals surface area contributed by atoms with Gasteiger partial charge in [-0.3, -0.25) is 0 Å². The Kier molecular flexibility index (Phi) is 3.39. The van der Waals surface area contributed by atoms with Gasteiger partial charge in [0.2, 0.25) is 5.88 Å². The molecule has 0 aliphatic heterocycles. The summed E-state index contributed by atoms with van der Waals surface area (Å²) in [5, 5.41) is 4.35. The van der Waals surface area contributed by atoms with Crippen LogP contribution in [0.3, 0.4) is 0 Å². The lowest BCUT2D eigenvalue weighted by Crippen LogP contribution is -2.02. The summed E-state index contributed by atoms with van der Waals surface area (Å²) >= 11 is 0. The SMILES string of the molecule is Cc1cccc(C)c1Oc1c(CN)c(C)nn1C. The number of aryl methyl sites for hydroxylation is 4. The first-order chi connectivity index (χ1) is 8.54. The minimum absolute atomic E-state index is 0.430. The lowest BCUT2D eigenvalue weighted by atomic mass is 10.1. The molecule has 0 radical (unpaired) electrons. The Hall–Kier alpha value is -1.81. The van der Waals surface area contributed by atoms with Gasteiger partial charge in [-0.15, -0.1) is 0 Å². The van der Waals surface area contributed by atoms with E-state index >= 15 is 0 Å². The van der Waals surface area contributed by atoms with Crippen molar-refractivity contribution in [1.82, 2.24) is 9.78 Å². The number of hydrogen-bond donors (Lipinski definition) is 1. The van der Waals surface area contributed by atoms with Crippen molar-refractivity contribution in [2.45, 2.75) is 27.3 Å². The Balaban J connectivity index is 2.46. The van der Waals surface area contributed by atoms with Crippen molar-refractivity contribution in [3.8, 4) is 11.6 Å². The Bertz CT molecular complexity index is 552. The molecule has 18 heavy (non-hydrogen) atoms. The summed E-state index contributed by atoms with van der Waals surface area (Å²) in [7, 11) is 1.87. The molecule has 1 aromatic carbocycles. The lowest BCUT2D eigenvalue weighted by molar-refractivity contribution is 0.420. The molecule has 0 unspecified atom stereocenters. The number of benzene rings is 1. The molecule has 96 valence electrons. The highest BCUT2D eigenvalue weighted by molar-refractivity contribution is 5.44. The van der Waals surface area contributed by atoms with Gasteiger partial charge >= 0.3 is 0 Å². The second-order valence-corrected chi connectivity index (χ2v) is 4.52. The maximum Gasteiger partial charge on any atom is 0.222 e. The fourth-order valence-corrected chi connectivity index (χ4v) is 2.10. The average Bonchev–Trinajstić information content (AvgIpc) is 2.58. The maximum absolute atomic E-state index is 6.03. The summed E-state index contributed by atoms with van der Waals surface area (Å²) in [6.45, 7) is 6.45. The van der Waals surface area contributed by atoms with Gasteiger partial charge in [0.1, 0.15) is 5.75 Å². The summed E-state index contributed by atoms with van der Waals surface area (Å²) in [5.41, 5.74) is 9.85. The van der Waals surface area contributed by atoms with Crippen molar-refractivity contribution in [3.63, 3.8) is 0 Å². The van der Waals surface area contributed by atoms with Crippen molar-refractivity contribution in [2.24, 2.45) is 12.8 Å². The molecule has 2 N–H and O–H groups in total. The zero-order valence-corrected chi connectivity index (χ0v) is 11.3. The normalized spacial score (nSPS) is 10.7. The van der Waals surface area contributed by atoms with Crippen LogP contribution in [0.4, 0.5) is 0 Å². The van der Waals surface area contributed by atoms with Crippen molar-refractivity contribution >= 4 is 0 Å². The number of para-hydroxylation sites is 1. The van der Waals surface area contributed by atoms with Gasteiger partial charge in [0.15, 0.2) is 0 Å². The quantitative estimate of drug-likeness (QED) is 0.904. The zero-order chi connectivity index (χ0) is 13.3. The van der Waals surface area contributed by atoms with E-state index in [9.17, 15) is 0 Å². The number of nitrogens with zero attached hydrogens (tertiary/aromatic N) is 2. The molecule has 0 aliphatic rings. The average molecular weight is 245 g/mol. The molecule has 4 nitrogen and oxygen atoms in total. The number of rotatable bonds is 3. The van der Waals surface area contributed by atoms with E-state index in [-0.39, 0.29) is 0 Å². The van der Waals surface area contributed by atoms with Gasteiger partial charge in [-0.2, -0.15) is 5.10 Å². The van der Waals surface area contributed by atoms with Crippen LogP contribution in [-0.4, -0.2) is 9.78 Å². The summed E-state index contributed by atoms with van der Waals surface area (Å²) in [4.78, 5) is 0.